The Kier molecular flexibility index (Phi) is 3.47. The molecule has 0 spiro atoms. The van der Waals surface area contributed by atoms with E-state index in [1.54, 1.807) is 0 Å². The maximum atomic E-state index is 5.85. The van der Waals surface area contributed by atoms with Gasteiger partial charge in [-0.25, -0.2) is 0 Å². The van der Waals surface area contributed by atoms with Gasteiger partial charge in [0.15, 0.2) is 5.82 Å². The molecule has 3 heterocycles. The number of hydrogen-bond acceptors (Lipinski definition) is 5. The zero-order chi connectivity index (χ0) is 15.0. The summed E-state index contributed by atoms with van der Waals surface area (Å²) in [5, 5.41) is 4.17. The normalized spacial score (nSPS) is 27.8. The minimum atomic E-state index is -0.240. The first-order chi connectivity index (χ1) is 10.8. The Morgan fingerprint density at radius 3 is 3.18 bits per heavy atom. The molecule has 0 saturated carbocycles. The van der Waals surface area contributed by atoms with Crippen LogP contribution in [0.1, 0.15) is 35.7 Å². The van der Waals surface area contributed by atoms with E-state index in [4.69, 9.17) is 14.0 Å². The van der Waals surface area contributed by atoms with Gasteiger partial charge in [0.1, 0.15) is 5.41 Å². The first kappa shape index (κ1) is 13.9. The summed E-state index contributed by atoms with van der Waals surface area (Å²) in [6.07, 6.45) is 2.63. The van der Waals surface area contributed by atoms with Gasteiger partial charge >= 0.3 is 0 Å². The minimum absolute atomic E-state index is 0.147. The Balaban J connectivity index is 1.58. The summed E-state index contributed by atoms with van der Waals surface area (Å²) in [6, 6.07) is 8.39. The van der Waals surface area contributed by atoms with Gasteiger partial charge in [-0.2, -0.15) is 4.98 Å². The number of aromatic nitrogens is 2. The van der Waals surface area contributed by atoms with Crippen molar-refractivity contribution in [3.8, 4) is 0 Å². The van der Waals surface area contributed by atoms with Gasteiger partial charge in [0.25, 0.3) is 0 Å². The van der Waals surface area contributed by atoms with Crippen molar-refractivity contribution >= 4 is 0 Å². The fourth-order valence-electron chi connectivity index (χ4n) is 3.51. The van der Waals surface area contributed by atoms with E-state index in [1.165, 1.54) is 11.1 Å². The first-order valence-corrected chi connectivity index (χ1v) is 7.84. The first-order valence-electron chi connectivity index (χ1n) is 7.84. The van der Waals surface area contributed by atoms with Gasteiger partial charge in [-0.1, -0.05) is 35.0 Å². The molecular weight excluding hydrogens is 280 g/mol. The number of nitrogens with zero attached hydrogens (tertiary/aromatic N) is 2. The van der Waals surface area contributed by atoms with E-state index in [9.17, 15) is 0 Å². The summed E-state index contributed by atoms with van der Waals surface area (Å²) in [7, 11) is 0. The summed E-state index contributed by atoms with van der Waals surface area (Å²) in [5.41, 5.74) is 2.20. The molecule has 1 aromatic heterocycles. The molecule has 0 radical (unpaired) electrons. The van der Waals surface area contributed by atoms with Crippen LogP contribution in [0, 0.1) is 6.92 Å². The number of ether oxygens (including phenoxy) is 2. The third kappa shape index (κ3) is 2.34. The van der Waals surface area contributed by atoms with Crippen molar-refractivity contribution in [2.75, 3.05) is 19.8 Å². The minimum Gasteiger partial charge on any atom is -0.380 e. The van der Waals surface area contributed by atoms with Crippen LogP contribution in [0.15, 0.2) is 28.8 Å². The molecule has 0 aliphatic carbocycles. The van der Waals surface area contributed by atoms with E-state index in [0.29, 0.717) is 18.9 Å². The van der Waals surface area contributed by atoms with Crippen LogP contribution >= 0.6 is 0 Å². The number of fused-ring (bicyclic) bond motifs is 1. The third-order valence-corrected chi connectivity index (χ3v) is 4.71. The molecule has 2 aliphatic heterocycles. The van der Waals surface area contributed by atoms with Gasteiger partial charge in [-0.15, -0.1) is 0 Å². The molecule has 2 atom stereocenters. The molecule has 116 valence electrons. The van der Waals surface area contributed by atoms with Crippen LogP contribution < -0.4 is 0 Å². The highest BCUT2D eigenvalue weighted by molar-refractivity contribution is 5.25. The highest BCUT2D eigenvalue weighted by Crippen LogP contribution is 2.41. The predicted molar refractivity (Wildman–Crippen MR) is 79.8 cm³/mol. The molecule has 1 aromatic carbocycles. The van der Waals surface area contributed by atoms with E-state index in [1.807, 2.05) is 0 Å². The summed E-state index contributed by atoms with van der Waals surface area (Å²) in [4.78, 5) is 4.65. The molecule has 4 rings (SSSR count). The second kappa shape index (κ2) is 5.48. The van der Waals surface area contributed by atoms with Gasteiger partial charge in [0.2, 0.25) is 5.89 Å². The van der Waals surface area contributed by atoms with Crippen molar-refractivity contribution in [3.05, 3.63) is 47.1 Å². The molecular formula is C17H20N2O3. The molecule has 5 heteroatoms. The Morgan fingerprint density at radius 1 is 1.32 bits per heavy atom. The number of benzene rings is 1. The van der Waals surface area contributed by atoms with Crippen molar-refractivity contribution < 1.29 is 14.0 Å². The summed E-state index contributed by atoms with van der Waals surface area (Å²) in [6.45, 7) is 4.19. The quantitative estimate of drug-likeness (QED) is 0.871. The van der Waals surface area contributed by atoms with Crippen LogP contribution in [-0.4, -0.2) is 36.1 Å². The lowest BCUT2D eigenvalue weighted by Gasteiger charge is -2.34. The van der Waals surface area contributed by atoms with E-state index in [2.05, 4.69) is 41.3 Å². The van der Waals surface area contributed by atoms with Crippen LogP contribution in [0.2, 0.25) is 0 Å². The smallest absolute Gasteiger partial charge is 0.237 e. The van der Waals surface area contributed by atoms with Crippen LogP contribution in [0.3, 0.4) is 0 Å². The molecule has 2 unspecified atom stereocenters. The lowest BCUT2D eigenvalue weighted by Crippen LogP contribution is -2.44. The highest BCUT2D eigenvalue weighted by Gasteiger charge is 2.51. The van der Waals surface area contributed by atoms with Gasteiger partial charge in [0.05, 0.1) is 12.7 Å². The Hall–Kier alpha value is -1.72. The van der Waals surface area contributed by atoms with Gasteiger partial charge in [-0.05, 0) is 25.3 Å². The summed E-state index contributed by atoms with van der Waals surface area (Å²) < 4.78 is 17.1. The standard InChI is InChI=1S/C17H20N2O3/c1-12-3-2-4-13(9-12)10-15-18-16(22-19-15)17-6-8-21-14(17)5-7-20-11-17/h2-4,9,14H,5-8,10-11H2,1H3. The topological polar surface area (TPSA) is 57.4 Å². The molecule has 0 bridgehead atoms. The largest absolute Gasteiger partial charge is 0.380 e. The molecule has 22 heavy (non-hydrogen) atoms. The third-order valence-electron chi connectivity index (χ3n) is 4.71. The summed E-state index contributed by atoms with van der Waals surface area (Å²) >= 11 is 0. The zero-order valence-corrected chi connectivity index (χ0v) is 12.7. The van der Waals surface area contributed by atoms with E-state index >= 15 is 0 Å². The fraction of sp³-hybridized carbons (Fsp3) is 0.529. The molecule has 2 aliphatic rings. The number of hydrogen-bond donors (Lipinski definition) is 0. The van der Waals surface area contributed by atoms with E-state index in [-0.39, 0.29) is 11.5 Å². The van der Waals surface area contributed by atoms with Gasteiger partial charge in [-0.3, -0.25) is 0 Å². The average molecular weight is 300 g/mol. The van der Waals surface area contributed by atoms with Crippen molar-refractivity contribution in [3.63, 3.8) is 0 Å². The molecule has 2 aromatic rings. The second-order valence-electron chi connectivity index (χ2n) is 6.29. The van der Waals surface area contributed by atoms with Gasteiger partial charge < -0.3 is 14.0 Å². The van der Waals surface area contributed by atoms with Crippen molar-refractivity contribution in [1.29, 1.82) is 0 Å². The van der Waals surface area contributed by atoms with Crippen LogP contribution in [0.25, 0.3) is 0 Å². The zero-order valence-electron chi connectivity index (χ0n) is 12.7. The van der Waals surface area contributed by atoms with Crippen molar-refractivity contribution in [2.24, 2.45) is 0 Å². The Labute approximate surface area is 129 Å². The van der Waals surface area contributed by atoms with E-state index in [0.717, 1.165) is 31.9 Å². The van der Waals surface area contributed by atoms with Crippen LogP contribution in [-0.2, 0) is 21.3 Å². The lowest BCUT2D eigenvalue weighted by molar-refractivity contribution is -0.0474. The molecule has 5 nitrogen and oxygen atoms in total. The lowest BCUT2D eigenvalue weighted by atomic mass is 9.79. The highest BCUT2D eigenvalue weighted by atomic mass is 16.5. The predicted octanol–water partition coefficient (Wildman–Crippen LogP) is 2.42. The maximum absolute atomic E-state index is 5.85. The van der Waals surface area contributed by atoms with E-state index < -0.39 is 0 Å². The second-order valence-corrected chi connectivity index (χ2v) is 6.29. The Bertz CT molecular complexity index is 669. The Morgan fingerprint density at radius 2 is 2.27 bits per heavy atom. The van der Waals surface area contributed by atoms with Crippen molar-refractivity contribution in [2.45, 2.75) is 37.7 Å². The molecule has 0 N–H and O–H groups in total. The van der Waals surface area contributed by atoms with Gasteiger partial charge in [0, 0.05) is 19.6 Å². The molecule has 2 saturated heterocycles. The molecule has 0 amide bonds. The molecule has 2 fully saturated rings. The number of rotatable bonds is 3. The monoisotopic (exact) mass is 300 g/mol. The number of aryl methyl sites for hydroxylation is 1. The fourth-order valence-corrected chi connectivity index (χ4v) is 3.51. The average Bonchev–Trinajstić information content (AvgIpc) is 3.14. The van der Waals surface area contributed by atoms with Crippen LogP contribution in [0.4, 0.5) is 0 Å². The SMILES string of the molecule is Cc1cccc(Cc2noc(C34CCOC3CCOC4)n2)c1. The summed E-state index contributed by atoms with van der Waals surface area (Å²) in [5.74, 6) is 1.41. The van der Waals surface area contributed by atoms with Crippen molar-refractivity contribution in [1.82, 2.24) is 10.1 Å². The van der Waals surface area contributed by atoms with Crippen LogP contribution in [0.5, 0.6) is 0 Å². The maximum Gasteiger partial charge on any atom is 0.237 e.